The molecule has 1 atom stereocenters. The molecule has 150 valence electrons. The first-order valence-corrected chi connectivity index (χ1v) is 10.4. The molecule has 1 aliphatic heterocycles. The largest absolute Gasteiger partial charge is 0.508 e. The number of phenols is 1. The summed E-state index contributed by atoms with van der Waals surface area (Å²) < 4.78 is 13.2. The predicted octanol–water partition coefficient (Wildman–Crippen LogP) is 5.43. The average molecular weight is 390 g/mol. The molecule has 1 aliphatic rings. The minimum absolute atomic E-state index is 0.204. The monoisotopic (exact) mass is 389 g/mol. The molecular weight excluding hydrogens is 361 g/mol. The van der Waals surface area contributed by atoms with E-state index in [2.05, 4.69) is 42.6 Å². The second-order valence-corrected chi connectivity index (χ2v) is 8.24. The van der Waals surface area contributed by atoms with Gasteiger partial charge in [-0.1, -0.05) is 61.5 Å². The highest BCUT2D eigenvalue weighted by Gasteiger charge is 2.39. The van der Waals surface area contributed by atoms with Gasteiger partial charge in [-0.15, -0.1) is 0 Å². The average Bonchev–Trinajstić information content (AvgIpc) is 2.76. The fourth-order valence-corrected chi connectivity index (χ4v) is 4.73. The van der Waals surface area contributed by atoms with Crippen LogP contribution < -0.4 is 5.32 Å². The molecule has 1 unspecified atom stereocenters. The summed E-state index contributed by atoms with van der Waals surface area (Å²) in [7, 11) is 0. The van der Waals surface area contributed by atoms with Gasteiger partial charge in [0.1, 0.15) is 11.6 Å². The number of nitrogens with one attached hydrogen (secondary N) is 1. The van der Waals surface area contributed by atoms with E-state index in [0.717, 1.165) is 43.5 Å². The summed E-state index contributed by atoms with van der Waals surface area (Å²) in [5, 5.41) is 14.1. The van der Waals surface area contributed by atoms with Crippen LogP contribution in [-0.2, 0) is 11.8 Å². The summed E-state index contributed by atoms with van der Waals surface area (Å²) in [6.07, 6.45) is 2.95. The van der Waals surface area contributed by atoms with Crippen LogP contribution in [0, 0.1) is 11.7 Å². The van der Waals surface area contributed by atoms with Gasteiger partial charge in [0, 0.05) is 11.0 Å². The van der Waals surface area contributed by atoms with Crippen molar-refractivity contribution in [2.24, 2.45) is 5.92 Å². The quantitative estimate of drug-likeness (QED) is 0.610. The van der Waals surface area contributed by atoms with Crippen LogP contribution in [-0.4, -0.2) is 18.2 Å². The van der Waals surface area contributed by atoms with Gasteiger partial charge in [0.15, 0.2) is 0 Å². The normalized spacial score (nSPS) is 17.0. The standard InChI is InChI=1S/C26H28FNO/c1-26(22-14-16-28-17-15-22,24-4-2-3-5-25(24)29)21-10-6-19(7-11-21)18-20-8-12-23(27)13-9-20/h2-13,22,28-29H,14-18H2,1H3. The van der Waals surface area contributed by atoms with Crippen molar-refractivity contribution in [2.45, 2.75) is 31.6 Å². The third-order valence-corrected chi connectivity index (χ3v) is 6.49. The highest BCUT2D eigenvalue weighted by Crippen LogP contribution is 2.46. The zero-order valence-corrected chi connectivity index (χ0v) is 16.9. The number of piperidine rings is 1. The maximum atomic E-state index is 13.2. The number of phenolic OH excluding ortho intramolecular Hbond substituents is 1. The Labute approximate surface area is 172 Å². The van der Waals surface area contributed by atoms with Gasteiger partial charge in [-0.25, -0.2) is 4.39 Å². The van der Waals surface area contributed by atoms with Crippen molar-refractivity contribution in [3.8, 4) is 5.75 Å². The molecule has 3 heteroatoms. The lowest BCUT2D eigenvalue weighted by Crippen LogP contribution is -2.40. The third kappa shape index (κ3) is 4.06. The molecule has 2 nitrogen and oxygen atoms in total. The topological polar surface area (TPSA) is 32.3 Å². The van der Waals surface area contributed by atoms with Crippen molar-refractivity contribution >= 4 is 0 Å². The Balaban J connectivity index is 1.67. The first kappa shape index (κ1) is 19.7. The highest BCUT2D eigenvalue weighted by atomic mass is 19.1. The van der Waals surface area contributed by atoms with Gasteiger partial charge in [0.05, 0.1) is 0 Å². The van der Waals surface area contributed by atoms with Gasteiger partial charge in [-0.05, 0) is 73.2 Å². The van der Waals surface area contributed by atoms with E-state index in [-0.39, 0.29) is 11.2 Å². The smallest absolute Gasteiger partial charge is 0.123 e. The van der Waals surface area contributed by atoms with Gasteiger partial charge in [-0.2, -0.15) is 0 Å². The molecule has 0 bridgehead atoms. The Morgan fingerprint density at radius 1 is 0.897 bits per heavy atom. The lowest BCUT2D eigenvalue weighted by atomic mass is 9.64. The van der Waals surface area contributed by atoms with Gasteiger partial charge >= 0.3 is 0 Å². The highest BCUT2D eigenvalue weighted by molar-refractivity contribution is 5.47. The Hall–Kier alpha value is -2.65. The molecule has 0 saturated carbocycles. The fraction of sp³-hybridized carbons (Fsp3) is 0.308. The van der Waals surface area contributed by atoms with Crippen molar-refractivity contribution < 1.29 is 9.50 Å². The SMILES string of the molecule is CC(c1ccc(Cc2ccc(F)cc2)cc1)(c1ccccc1O)C1CCNCC1. The van der Waals surface area contributed by atoms with Gasteiger partial charge in [0.25, 0.3) is 0 Å². The third-order valence-electron chi connectivity index (χ3n) is 6.49. The minimum atomic E-state index is -0.248. The predicted molar refractivity (Wildman–Crippen MR) is 116 cm³/mol. The number of para-hydroxylation sites is 1. The summed E-state index contributed by atoms with van der Waals surface area (Å²) in [5.74, 6) is 0.619. The van der Waals surface area contributed by atoms with E-state index >= 15 is 0 Å². The molecule has 3 aromatic rings. The molecule has 0 aromatic heterocycles. The molecule has 2 N–H and O–H groups in total. The van der Waals surface area contributed by atoms with E-state index < -0.39 is 0 Å². The van der Waals surface area contributed by atoms with E-state index in [9.17, 15) is 9.50 Å². The molecule has 29 heavy (non-hydrogen) atoms. The van der Waals surface area contributed by atoms with Crippen LogP contribution in [0.4, 0.5) is 4.39 Å². The lowest BCUT2D eigenvalue weighted by molar-refractivity contribution is 0.260. The van der Waals surface area contributed by atoms with Crippen molar-refractivity contribution in [1.29, 1.82) is 0 Å². The summed E-state index contributed by atoms with van der Waals surface area (Å²) in [6, 6.07) is 23.2. The molecule has 4 rings (SSSR count). The van der Waals surface area contributed by atoms with Crippen LogP contribution in [0.2, 0.25) is 0 Å². The zero-order valence-electron chi connectivity index (χ0n) is 16.9. The summed E-state index contributed by atoms with van der Waals surface area (Å²) in [4.78, 5) is 0. The number of halogens is 1. The van der Waals surface area contributed by atoms with Gasteiger partial charge in [0.2, 0.25) is 0 Å². The van der Waals surface area contributed by atoms with Crippen LogP contribution in [0.5, 0.6) is 5.75 Å². The van der Waals surface area contributed by atoms with E-state index in [1.165, 1.54) is 23.3 Å². The molecular formula is C26H28FNO. The van der Waals surface area contributed by atoms with Crippen LogP contribution in [0.3, 0.4) is 0 Å². The number of hydrogen-bond acceptors (Lipinski definition) is 2. The molecule has 0 amide bonds. The van der Waals surface area contributed by atoms with Crippen LogP contribution >= 0.6 is 0 Å². The summed E-state index contributed by atoms with van der Waals surface area (Å²) in [5.41, 5.74) is 4.28. The maximum Gasteiger partial charge on any atom is 0.123 e. The Bertz CT molecular complexity index is 945. The summed E-state index contributed by atoms with van der Waals surface area (Å²) in [6.45, 7) is 4.29. The number of hydrogen-bond donors (Lipinski definition) is 2. The number of aromatic hydroxyl groups is 1. The Kier molecular flexibility index (Phi) is 5.68. The van der Waals surface area contributed by atoms with Crippen LogP contribution in [0.25, 0.3) is 0 Å². The lowest BCUT2D eigenvalue weighted by Gasteiger charge is -2.41. The van der Waals surface area contributed by atoms with E-state index in [1.807, 2.05) is 24.3 Å². The molecule has 0 aliphatic carbocycles. The molecule has 1 fully saturated rings. The van der Waals surface area contributed by atoms with Crippen molar-refractivity contribution in [3.05, 3.63) is 101 Å². The fourth-order valence-electron chi connectivity index (χ4n) is 4.73. The zero-order chi connectivity index (χ0) is 20.3. The van der Waals surface area contributed by atoms with E-state index in [1.54, 1.807) is 6.07 Å². The molecule has 3 aromatic carbocycles. The van der Waals surface area contributed by atoms with Crippen molar-refractivity contribution in [2.75, 3.05) is 13.1 Å². The summed E-state index contributed by atoms with van der Waals surface area (Å²) >= 11 is 0. The Morgan fingerprint density at radius 2 is 1.48 bits per heavy atom. The molecule has 0 spiro atoms. The minimum Gasteiger partial charge on any atom is -0.508 e. The van der Waals surface area contributed by atoms with Crippen molar-refractivity contribution in [3.63, 3.8) is 0 Å². The van der Waals surface area contributed by atoms with E-state index in [4.69, 9.17) is 0 Å². The van der Waals surface area contributed by atoms with Crippen LogP contribution in [0.1, 0.15) is 42.0 Å². The van der Waals surface area contributed by atoms with Gasteiger partial charge < -0.3 is 10.4 Å². The molecule has 0 radical (unpaired) electrons. The maximum absolute atomic E-state index is 13.2. The second kappa shape index (κ2) is 8.38. The molecule has 1 saturated heterocycles. The van der Waals surface area contributed by atoms with Crippen LogP contribution in [0.15, 0.2) is 72.8 Å². The second-order valence-electron chi connectivity index (χ2n) is 8.24. The number of benzene rings is 3. The Morgan fingerprint density at radius 3 is 2.10 bits per heavy atom. The first-order valence-electron chi connectivity index (χ1n) is 10.4. The van der Waals surface area contributed by atoms with Gasteiger partial charge in [-0.3, -0.25) is 0 Å². The van der Waals surface area contributed by atoms with Crippen molar-refractivity contribution in [1.82, 2.24) is 5.32 Å². The van der Waals surface area contributed by atoms with E-state index in [0.29, 0.717) is 11.7 Å². The number of rotatable bonds is 5. The first-order chi connectivity index (χ1) is 14.1. The molecule has 1 heterocycles.